The van der Waals surface area contributed by atoms with Gasteiger partial charge in [0.25, 0.3) is 0 Å². The topological polar surface area (TPSA) is 77.4 Å². The van der Waals surface area contributed by atoms with E-state index in [1.165, 1.54) is 0 Å². The number of terminal acetylenes is 4. The Kier molecular flexibility index (Phi) is 12.2. The van der Waals surface area contributed by atoms with Gasteiger partial charge in [-0.25, -0.2) is 0 Å². The molecule has 3 aliphatic carbocycles. The fourth-order valence-electron chi connectivity index (χ4n) is 13.6. The minimum atomic E-state index is -1.07. The summed E-state index contributed by atoms with van der Waals surface area (Å²) in [6.45, 7) is 0.438. The quantitative estimate of drug-likeness (QED) is 0.106. The van der Waals surface area contributed by atoms with Crippen molar-refractivity contribution in [1.82, 2.24) is 0 Å². The van der Waals surface area contributed by atoms with Gasteiger partial charge in [-0.05, 0) is 173 Å². The van der Waals surface area contributed by atoms with Crippen molar-refractivity contribution in [3.05, 3.63) is 285 Å². The van der Waals surface area contributed by atoms with Gasteiger partial charge in [0.1, 0.15) is 60.9 Å². The lowest BCUT2D eigenvalue weighted by Gasteiger charge is -2.40. The van der Waals surface area contributed by atoms with E-state index in [1.54, 1.807) is 24.3 Å². The maximum atomic E-state index is 11.2. The molecular formula is C75H50O6. The lowest BCUT2D eigenvalue weighted by molar-refractivity contribution is 0.370. The zero-order chi connectivity index (χ0) is 55.3. The normalized spacial score (nSPS) is 16.1. The van der Waals surface area contributed by atoms with E-state index in [0.717, 1.165) is 100 Å². The summed E-state index contributed by atoms with van der Waals surface area (Å²) < 4.78 is 24.4. The molecule has 2 atom stereocenters. The third-order valence-electron chi connectivity index (χ3n) is 16.5. The first kappa shape index (κ1) is 49.8. The molecular weight excluding hydrogens is 997 g/mol. The van der Waals surface area contributed by atoms with E-state index >= 15 is 0 Å². The fraction of sp³-hybridized carbons (Fsp3) is 0.0933. The number of benzene rings is 10. The third kappa shape index (κ3) is 7.36. The Morgan fingerprint density at radius 3 is 0.716 bits per heavy atom. The Balaban J connectivity index is 1.31. The number of aromatic hydroxyl groups is 2. The highest BCUT2D eigenvalue weighted by Crippen LogP contribution is 2.73. The average molecular weight is 1050 g/mol. The van der Waals surface area contributed by atoms with Crippen molar-refractivity contribution in [3.8, 4) is 117 Å². The zero-order valence-electron chi connectivity index (χ0n) is 43.9. The molecule has 0 spiro atoms. The first-order valence-corrected chi connectivity index (χ1v) is 26.6. The molecule has 13 rings (SSSR count). The lowest BCUT2D eigenvalue weighted by Crippen LogP contribution is -2.33. The van der Waals surface area contributed by atoms with Crippen molar-refractivity contribution in [1.29, 1.82) is 0 Å². The SMILES string of the molecule is C#CCOc1ccc(C2(c3ccc(O)cc3)c3ccccc3-c3c2c2c(c4c3C(c3ccc(O)cc3)(c3ccc(OCC#C)cc3)c3ccccc3-4)C(c3ccc(OCC#C)cc3)(c3ccc(OCC#C)cc3)c3ccccc3-2)cc1. The number of phenolic OH excluding ortho intramolecular Hbond substituents is 2. The lowest BCUT2D eigenvalue weighted by atomic mass is 9.61. The maximum absolute atomic E-state index is 11.2. The zero-order valence-corrected chi connectivity index (χ0v) is 43.9. The van der Waals surface area contributed by atoms with E-state index in [4.69, 9.17) is 44.6 Å². The van der Waals surface area contributed by atoms with E-state index in [0.29, 0.717) is 23.0 Å². The molecule has 0 heterocycles. The van der Waals surface area contributed by atoms with Gasteiger partial charge in [0.15, 0.2) is 0 Å². The Morgan fingerprint density at radius 1 is 0.284 bits per heavy atom. The van der Waals surface area contributed by atoms with Crippen molar-refractivity contribution in [2.24, 2.45) is 0 Å². The van der Waals surface area contributed by atoms with Crippen molar-refractivity contribution in [3.63, 3.8) is 0 Å². The van der Waals surface area contributed by atoms with E-state index in [9.17, 15) is 10.2 Å². The van der Waals surface area contributed by atoms with Gasteiger partial charge in [0, 0.05) is 0 Å². The molecule has 0 bridgehead atoms. The first-order valence-electron chi connectivity index (χ1n) is 26.6. The summed E-state index contributed by atoms with van der Waals surface area (Å²) in [6, 6.07) is 74.9. The molecule has 0 aromatic heterocycles. The Bertz CT molecular complexity index is 4070. The highest BCUT2D eigenvalue weighted by molar-refractivity contribution is 6.09. The van der Waals surface area contributed by atoms with Gasteiger partial charge >= 0.3 is 0 Å². The second kappa shape index (κ2) is 19.9. The molecule has 0 fully saturated rings. The van der Waals surface area contributed by atoms with Gasteiger partial charge in [-0.1, -0.05) is 169 Å². The number of fused-ring (bicyclic) bond motifs is 12. The molecule has 0 radical (unpaired) electrons. The smallest absolute Gasteiger partial charge is 0.148 e. The number of ether oxygens (including phenoxy) is 4. The van der Waals surface area contributed by atoms with Gasteiger partial charge in [-0.3, -0.25) is 0 Å². The molecule has 0 amide bonds. The van der Waals surface area contributed by atoms with Crippen molar-refractivity contribution >= 4 is 0 Å². The van der Waals surface area contributed by atoms with Gasteiger partial charge < -0.3 is 29.2 Å². The molecule has 6 heteroatoms. The van der Waals surface area contributed by atoms with E-state index < -0.39 is 16.2 Å². The van der Waals surface area contributed by atoms with Crippen LogP contribution in [0.5, 0.6) is 34.5 Å². The molecule has 81 heavy (non-hydrogen) atoms. The van der Waals surface area contributed by atoms with Crippen molar-refractivity contribution < 1.29 is 29.2 Å². The monoisotopic (exact) mass is 1050 g/mol. The van der Waals surface area contributed by atoms with Crippen LogP contribution in [0.1, 0.15) is 66.8 Å². The molecule has 3 aliphatic rings. The van der Waals surface area contributed by atoms with Crippen molar-refractivity contribution in [2.45, 2.75) is 16.2 Å². The summed E-state index contributed by atoms with van der Waals surface area (Å²) in [5.74, 6) is 13.3. The summed E-state index contributed by atoms with van der Waals surface area (Å²) in [6.07, 6.45) is 23.0. The maximum Gasteiger partial charge on any atom is 0.148 e. The average Bonchev–Trinajstić information content (AvgIpc) is 1.61. The molecule has 0 saturated carbocycles. The highest BCUT2D eigenvalue weighted by atomic mass is 16.5. The third-order valence-corrected chi connectivity index (χ3v) is 16.5. The van der Waals surface area contributed by atoms with Crippen LogP contribution in [-0.2, 0) is 16.2 Å². The number of hydrogen-bond donors (Lipinski definition) is 2. The summed E-state index contributed by atoms with van der Waals surface area (Å²) in [7, 11) is 0. The molecule has 10 aromatic rings. The second-order valence-electron chi connectivity index (χ2n) is 20.3. The van der Waals surface area contributed by atoms with Crippen molar-refractivity contribution in [2.75, 3.05) is 26.4 Å². The Hall–Kier alpha value is -10.8. The molecule has 10 aromatic carbocycles. The minimum absolute atomic E-state index is 0.109. The van der Waals surface area contributed by atoms with Gasteiger partial charge in [0.2, 0.25) is 0 Å². The van der Waals surface area contributed by atoms with Gasteiger partial charge in [0.05, 0.1) is 16.2 Å². The Morgan fingerprint density at radius 2 is 0.494 bits per heavy atom. The molecule has 2 N–H and O–H groups in total. The van der Waals surface area contributed by atoms with Crippen LogP contribution in [0.15, 0.2) is 218 Å². The summed E-state index contributed by atoms with van der Waals surface area (Å²) in [4.78, 5) is 0. The summed E-state index contributed by atoms with van der Waals surface area (Å²) in [5.41, 5.74) is 15.2. The first-order chi connectivity index (χ1) is 39.8. The van der Waals surface area contributed by atoms with Crippen LogP contribution in [0.4, 0.5) is 0 Å². The van der Waals surface area contributed by atoms with Crippen LogP contribution in [-0.4, -0.2) is 36.6 Å². The van der Waals surface area contributed by atoms with E-state index in [1.807, 2.05) is 48.5 Å². The fourth-order valence-corrected chi connectivity index (χ4v) is 13.6. The highest BCUT2D eigenvalue weighted by Gasteiger charge is 2.61. The molecule has 2 unspecified atom stereocenters. The minimum Gasteiger partial charge on any atom is -0.508 e. The number of hydrogen-bond acceptors (Lipinski definition) is 6. The standard InChI is InChI=1S/C75H50O6/c1-5-45-78-57-37-25-51(26-38-57)73(49-21-33-55(76)34-22-49)64-18-12-9-15-61(64)67-70-68(62-16-10-13-19-65(62)74(70,50-23-35-56(77)36-24-50)52-27-39-58(40-28-52)79-46-6-2)72-69(71(67)73)63-17-11-14-20-66(63)75(72,53-29-41-59(42-30-53)80-47-7-3)54-31-43-60(44-32-54)81-48-8-4/h1-4,9-44,76-77H,45-48H2. The second-order valence-corrected chi connectivity index (χ2v) is 20.3. The molecule has 0 aliphatic heterocycles. The number of rotatable bonds is 14. The summed E-state index contributed by atoms with van der Waals surface area (Å²) in [5, 5.41) is 22.5. The molecule has 0 saturated heterocycles. The predicted octanol–water partition coefficient (Wildman–Crippen LogP) is 14.2. The Labute approximate surface area is 471 Å². The molecule has 386 valence electrons. The van der Waals surface area contributed by atoms with Gasteiger partial charge in [-0.15, -0.1) is 25.7 Å². The van der Waals surface area contributed by atoms with Crippen LogP contribution >= 0.6 is 0 Å². The van der Waals surface area contributed by atoms with Crippen LogP contribution in [0, 0.1) is 49.4 Å². The van der Waals surface area contributed by atoms with Gasteiger partial charge in [-0.2, -0.15) is 0 Å². The van der Waals surface area contributed by atoms with Crippen LogP contribution in [0.3, 0.4) is 0 Å². The largest absolute Gasteiger partial charge is 0.508 e. The van der Waals surface area contributed by atoms with Crippen LogP contribution < -0.4 is 18.9 Å². The molecule has 6 nitrogen and oxygen atoms in total. The van der Waals surface area contributed by atoms with Crippen LogP contribution in [0.25, 0.3) is 33.4 Å². The van der Waals surface area contributed by atoms with Crippen LogP contribution in [0.2, 0.25) is 0 Å². The number of phenols is 2. The summed E-state index contributed by atoms with van der Waals surface area (Å²) >= 11 is 0. The van der Waals surface area contributed by atoms with E-state index in [2.05, 4.69) is 169 Å². The van der Waals surface area contributed by atoms with E-state index in [-0.39, 0.29) is 37.9 Å². The predicted molar refractivity (Wildman–Crippen MR) is 319 cm³/mol.